The molecule has 0 aliphatic rings. The van der Waals surface area contributed by atoms with Crippen molar-refractivity contribution in [3.8, 4) is 0 Å². The molecule has 0 spiro atoms. The smallest absolute Gasteiger partial charge is 0.408 e. The van der Waals surface area contributed by atoms with Crippen molar-refractivity contribution in [2.45, 2.75) is 38.5 Å². The van der Waals surface area contributed by atoms with Gasteiger partial charge in [-0.3, -0.25) is 0 Å². The minimum atomic E-state index is -1.14. The van der Waals surface area contributed by atoms with Crippen LogP contribution in [-0.4, -0.2) is 35.8 Å². The number of unbranched alkanes of at least 4 members (excludes halogenated alkanes) is 1. The van der Waals surface area contributed by atoms with Gasteiger partial charge in [-0.15, -0.1) is 0 Å². The molecule has 0 radical (unpaired) electrons. The summed E-state index contributed by atoms with van der Waals surface area (Å²) in [6.45, 7) is 0.592. The van der Waals surface area contributed by atoms with Crippen LogP contribution in [-0.2, 0) is 27.5 Å². The summed E-state index contributed by atoms with van der Waals surface area (Å²) < 4.78 is 10.1. The van der Waals surface area contributed by atoms with Crippen molar-refractivity contribution in [3.05, 3.63) is 71.8 Å². The first kappa shape index (κ1) is 22.7. The fourth-order valence-electron chi connectivity index (χ4n) is 2.60. The van der Waals surface area contributed by atoms with Gasteiger partial charge in [0, 0.05) is 6.54 Å². The number of benzene rings is 2. The van der Waals surface area contributed by atoms with Crippen LogP contribution in [0.25, 0.3) is 0 Å². The summed E-state index contributed by atoms with van der Waals surface area (Å²) in [5.41, 5.74) is 1.70. The van der Waals surface area contributed by atoms with E-state index in [1.807, 2.05) is 48.5 Å². The number of carboxylic acid groups (broad SMARTS) is 1. The van der Waals surface area contributed by atoms with Gasteiger partial charge in [0.1, 0.15) is 19.3 Å². The topological polar surface area (TPSA) is 114 Å². The first-order valence-corrected chi connectivity index (χ1v) is 9.69. The number of hydrogen-bond donors (Lipinski definition) is 3. The molecule has 0 aliphatic heterocycles. The number of hydrogen-bond acceptors (Lipinski definition) is 5. The van der Waals surface area contributed by atoms with Gasteiger partial charge >= 0.3 is 18.2 Å². The Bertz CT molecular complexity index is 798. The van der Waals surface area contributed by atoms with Crippen molar-refractivity contribution in [2.75, 3.05) is 6.54 Å². The van der Waals surface area contributed by atoms with Crippen molar-refractivity contribution in [2.24, 2.45) is 0 Å². The van der Waals surface area contributed by atoms with Gasteiger partial charge in [-0.25, -0.2) is 14.4 Å². The second-order valence-electron chi connectivity index (χ2n) is 6.58. The van der Waals surface area contributed by atoms with Gasteiger partial charge in [-0.2, -0.15) is 0 Å². The number of carboxylic acids is 1. The minimum absolute atomic E-state index is 0.0635. The third-order valence-corrected chi connectivity index (χ3v) is 4.20. The van der Waals surface area contributed by atoms with E-state index in [1.54, 1.807) is 12.1 Å². The number of ether oxygens (including phenoxy) is 2. The van der Waals surface area contributed by atoms with E-state index in [-0.39, 0.29) is 19.6 Å². The first-order valence-electron chi connectivity index (χ1n) is 9.69. The average Bonchev–Trinajstić information content (AvgIpc) is 2.76. The Morgan fingerprint density at radius 3 is 1.87 bits per heavy atom. The number of carbonyl (C=O) groups excluding carboxylic acids is 2. The van der Waals surface area contributed by atoms with Crippen LogP contribution < -0.4 is 10.6 Å². The highest BCUT2D eigenvalue weighted by Crippen LogP contribution is 2.05. The van der Waals surface area contributed by atoms with Gasteiger partial charge in [0.25, 0.3) is 0 Å². The molecule has 8 heteroatoms. The second kappa shape index (κ2) is 12.8. The molecule has 2 aromatic rings. The summed E-state index contributed by atoms with van der Waals surface area (Å²) in [7, 11) is 0. The van der Waals surface area contributed by atoms with Crippen molar-refractivity contribution in [1.82, 2.24) is 10.6 Å². The maximum Gasteiger partial charge on any atom is 0.408 e. The summed E-state index contributed by atoms with van der Waals surface area (Å²) in [5.74, 6) is -1.14. The van der Waals surface area contributed by atoms with Crippen LogP contribution in [0.3, 0.4) is 0 Å². The summed E-state index contributed by atoms with van der Waals surface area (Å²) in [4.78, 5) is 34.8. The number of alkyl carbamates (subject to hydrolysis) is 2. The van der Waals surface area contributed by atoms with Crippen molar-refractivity contribution >= 4 is 18.2 Å². The van der Waals surface area contributed by atoms with Crippen LogP contribution in [0.1, 0.15) is 30.4 Å². The standard InChI is InChI=1S/C22H26N2O6/c25-20(26)19(24-22(28)30-16-18-11-5-2-6-12-18)13-7-8-14-23-21(27)29-15-17-9-3-1-4-10-17/h1-6,9-12,19H,7-8,13-16H2,(H,23,27)(H,24,28)(H,25,26)/t19-/m1/s1. The van der Waals surface area contributed by atoms with Crippen LogP contribution in [0.4, 0.5) is 9.59 Å². The lowest BCUT2D eigenvalue weighted by molar-refractivity contribution is -0.139. The quantitative estimate of drug-likeness (QED) is 0.485. The zero-order chi connectivity index (χ0) is 21.6. The molecule has 0 unspecified atom stereocenters. The van der Waals surface area contributed by atoms with E-state index in [1.165, 1.54) is 0 Å². The lowest BCUT2D eigenvalue weighted by Crippen LogP contribution is -2.41. The molecule has 0 heterocycles. The molecule has 160 valence electrons. The van der Waals surface area contributed by atoms with Gasteiger partial charge in [0.05, 0.1) is 0 Å². The number of carbonyl (C=O) groups is 3. The maximum absolute atomic E-state index is 11.8. The molecule has 0 fully saturated rings. The SMILES string of the molecule is O=C(NCCCC[C@@H](NC(=O)OCc1ccccc1)C(=O)O)OCc1ccccc1. The molecule has 0 saturated carbocycles. The third kappa shape index (κ3) is 9.09. The second-order valence-corrected chi connectivity index (χ2v) is 6.58. The summed E-state index contributed by atoms with van der Waals surface area (Å²) in [6, 6.07) is 17.4. The Morgan fingerprint density at radius 2 is 1.33 bits per heavy atom. The monoisotopic (exact) mass is 414 g/mol. The predicted molar refractivity (Wildman–Crippen MR) is 110 cm³/mol. The van der Waals surface area contributed by atoms with E-state index in [0.717, 1.165) is 11.1 Å². The zero-order valence-corrected chi connectivity index (χ0v) is 16.6. The molecule has 1 atom stereocenters. The van der Waals surface area contributed by atoms with Gasteiger partial charge in [0.15, 0.2) is 0 Å². The van der Waals surface area contributed by atoms with Crippen LogP contribution in [0, 0.1) is 0 Å². The number of aliphatic carboxylic acids is 1. The zero-order valence-electron chi connectivity index (χ0n) is 16.6. The van der Waals surface area contributed by atoms with Crippen LogP contribution >= 0.6 is 0 Å². The molecule has 0 aliphatic carbocycles. The molecule has 2 aromatic carbocycles. The lowest BCUT2D eigenvalue weighted by atomic mass is 10.1. The number of rotatable bonds is 11. The fraction of sp³-hybridized carbons (Fsp3) is 0.318. The summed E-state index contributed by atoms with van der Waals surface area (Å²) >= 11 is 0. The van der Waals surface area contributed by atoms with E-state index in [9.17, 15) is 19.5 Å². The molecular weight excluding hydrogens is 388 g/mol. The Morgan fingerprint density at radius 1 is 0.800 bits per heavy atom. The van der Waals surface area contributed by atoms with E-state index >= 15 is 0 Å². The van der Waals surface area contributed by atoms with E-state index in [4.69, 9.17) is 9.47 Å². The molecule has 0 saturated heterocycles. The molecule has 8 nitrogen and oxygen atoms in total. The van der Waals surface area contributed by atoms with Gasteiger partial charge in [-0.05, 0) is 30.4 Å². The summed E-state index contributed by atoms with van der Waals surface area (Å²) in [5, 5.41) is 14.2. The van der Waals surface area contributed by atoms with E-state index < -0.39 is 24.2 Å². The molecule has 3 N–H and O–H groups in total. The van der Waals surface area contributed by atoms with Gasteiger partial charge in [0.2, 0.25) is 0 Å². The highest BCUT2D eigenvalue weighted by atomic mass is 16.6. The maximum atomic E-state index is 11.8. The number of amides is 2. The Balaban J connectivity index is 1.59. The predicted octanol–water partition coefficient (Wildman–Crippen LogP) is 3.46. The lowest BCUT2D eigenvalue weighted by Gasteiger charge is -2.14. The van der Waals surface area contributed by atoms with Crippen LogP contribution in [0.2, 0.25) is 0 Å². The molecular formula is C22H26N2O6. The fourth-order valence-corrected chi connectivity index (χ4v) is 2.60. The summed E-state index contributed by atoms with van der Waals surface area (Å²) in [6.07, 6.45) is -0.0544. The highest BCUT2D eigenvalue weighted by molar-refractivity contribution is 5.79. The number of nitrogens with one attached hydrogen (secondary N) is 2. The molecule has 0 bridgehead atoms. The van der Waals surface area contributed by atoms with Gasteiger partial charge < -0.3 is 25.2 Å². The van der Waals surface area contributed by atoms with Crippen LogP contribution in [0.15, 0.2) is 60.7 Å². The van der Waals surface area contributed by atoms with Crippen LogP contribution in [0.5, 0.6) is 0 Å². The van der Waals surface area contributed by atoms with Crippen molar-refractivity contribution in [3.63, 3.8) is 0 Å². The highest BCUT2D eigenvalue weighted by Gasteiger charge is 2.20. The van der Waals surface area contributed by atoms with E-state index in [0.29, 0.717) is 19.4 Å². The molecule has 30 heavy (non-hydrogen) atoms. The Kier molecular flexibility index (Phi) is 9.72. The Labute approximate surface area is 175 Å². The molecule has 2 amide bonds. The third-order valence-electron chi connectivity index (χ3n) is 4.20. The van der Waals surface area contributed by atoms with Crippen molar-refractivity contribution in [1.29, 1.82) is 0 Å². The molecule has 2 rings (SSSR count). The first-order chi connectivity index (χ1) is 14.5. The average molecular weight is 414 g/mol. The molecule has 0 aromatic heterocycles. The largest absolute Gasteiger partial charge is 0.480 e. The minimum Gasteiger partial charge on any atom is -0.480 e. The van der Waals surface area contributed by atoms with Gasteiger partial charge in [-0.1, -0.05) is 60.7 Å². The Hall–Kier alpha value is -3.55. The van der Waals surface area contributed by atoms with E-state index in [2.05, 4.69) is 10.6 Å². The normalized spacial score (nSPS) is 11.2. The van der Waals surface area contributed by atoms with Crippen molar-refractivity contribution < 1.29 is 29.0 Å².